The number of benzene rings is 1. The Hall–Kier alpha value is -4.40. The van der Waals surface area contributed by atoms with Gasteiger partial charge in [0.15, 0.2) is 0 Å². The second-order valence-electron chi connectivity index (χ2n) is 16.5. The number of hydrogen-bond donors (Lipinski definition) is 3. The molecule has 0 aromatic heterocycles. The molecule has 1 aromatic carbocycles. The van der Waals surface area contributed by atoms with Gasteiger partial charge in [-0.15, -0.1) is 6.58 Å². The van der Waals surface area contributed by atoms with Crippen molar-refractivity contribution in [3.8, 4) is 0 Å². The quantitative estimate of drug-likeness (QED) is 0.350. The Labute approximate surface area is 315 Å². The summed E-state index contributed by atoms with van der Waals surface area (Å²) >= 11 is 0. The Balaban J connectivity index is 1.08. The first-order chi connectivity index (χ1) is 25.8. The predicted octanol–water partition coefficient (Wildman–Crippen LogP) is 3.65. The molecule has 5 fully saturated rings. The Morgan fingerprint density at radius 2 is 1.83 bits per heavy atom. The summed E-state index contributed by atoms with van der Waals surface area (Å²) in [6.07, 6.45) is 10.0. The van der Waals surface area contributed by atoms with Gasteiger partial charge >= 0.3 is 12.2 Å². The number of nitrogens with zero attached hydrogens (tertiary/aromatic N) is 2. The van der Waals surface area contributed by atoms with E-state index in [1.54, 1.807) is 4.90 Å². The average Bonchev–Trinajstić information content (AvgIpc) is 4.05. The third kappa shape index (κ3) is 6.99. The fourth-order valence-corrected chi connectivity index (χ4v) is 10.4. The van der Waals surface area contributed by atoms with E-state index in [-0.39, 0.29) is 31.2 Å². The second-order valence-corrected chi connectivity index (χ2v) is 18.5. The number of rotatable bonds is 7. The molecule has 1 aromatic rings. The van der Waals surface area contributed by atoms with Crippen LogP contribution in [0, 0.1) is 17.8 Å². The zero-order valence-corrected chi connectivity index (χ0v) is 31.4. The first-order valence-corrected chi connectivity index (χ1v) is 20.9. The van der Waals surface area contributed by atoms with Crippen molar-refractivity contribution in [3.63, 3.8) is 0 Å². The topological polar surface area (TPSA) is 181 Å². The molecule has 7 atom stereocenters. The van der Waals surface area contributed by atoms with E-state index in [0.717, 1.165) is 42.4 Å². The molecular formula is C39H49N5O9S. The molecule has 54 heavy (non-hydrogen) atoms. The van der Waals surface area contributed by atoms with Crippen molar-refractivity contribution >= 4 is 46.0 Å². The third-order valence-electron chi connectivity index (χ3n) is 12.7. The number of hydrogen-bond acceptors (Lipinski definition) is 9. The van der Waals surface area contributed by atoms with Crippen LogP contribution in [-0.2, 0) is 47.0 Å². The maximum absolute atomic E-state index is 14.7. The summed E-state index contributed by atoms with van der Waals surface area (Å²) in [4.78, 5) is 72.6. The predicted molar refractivity (Wildman–Crippen MR) is 195 cm³/mol. The second kappa shape index (κ2) is 13.7. The average molecular weight is 764 g/mol. The van der Waals surface area contributed by atoms with Crippen molar-refractivity contribution in [2.24, 2.45) is 17.8 Å². The summed E-state index contributed by atoms with van der Waals surface area (Å²) < 4.78 is 39.6. The largest absolute Gasteiger partial charge is 0.444 e. The van der Waals surface area contributed by atoms with Crippen LogP contribution in [0.4, 0.5) is 9.59 Å². The fraction of sp³-hybridized carbons (Fsp3) is 0.615. The summed E-state index contributed by atoms with van der Waals surface area (Å²) in [5.74, 6) is -2.59. The molecule has 290 valence electrons. The number of carbonyl (C=O) groups is 5. The van der Waals surface area contributed by atoms with Gasteiger partial charge in [-0.25, -0.2) is 18.0 Å². The number of carbonyl (C=O) groups excluding carboxylic acids is 5. The van der Waals surface area contributed by atoms with Gasteiger partial charge in [0, 0.05) is 24.8 Å². The van der Waals surface area contributed by atoms with E-state index in [1.165, 1.54) is 11.0 Å². The van der Waals surface area contributed by atoms with Crippen molar-refractivity contribution in [2.45, 2.75) is 125 Å². The molecule has 0 spiro atoms. The Morgan fingerprint density at radius 1 is 1.06 bits per heavy atom. The molecule has 0 radical (unpaired) electrons. The molecule has 3 aliphatic heterocycles. The molecule has 1 saturated heterocycles. The number of allylic oxidation sites excluding steroid dienone is 1. The number of fused-ring (bicyclic) bond motifs is 4. The normalized spacial score (nSPS) is 34.5. The standard InChI is InChI=1S/C39H49N5O9S/c1-3-26-19-39(26,35(47)42-54(50,51)29-15-16-29)41-33(45)31-17-28-21-44(31)34(46)32(24-10-4-5-11-24)40-36(48)53-38(2)18-27(38)14-7-6-9-23-12-8-13-25-20-43(22-30(23)25)37(49)52-28/h3,6,8-9,12-13,24,26-29,31-32H,1,4-5,7,10-11,14-22H2,2H3,(H,40,48)(H,41,45)(H,42,47)/b9-6-/t26-,27-,28-,31+,32+,38-,39-/m1/s1. The molecule has 3 N–H and O–H groups in total. The van der Waals surface area contributed by atoms with Gasteiger partial charge < -0.3 is 25.0 Å². The van der Waals surface area contributed by atoms with Gasteiger partial charge in [0.25, 0.3) is 5.91 Å². The maximum atomic E-state index is 14.7. The third-order valence-corrected chi connectivity index (χ3v) is 14.5. The highest BCUT2D eigenvalue weighted by Crippen LogP contribution is 2.50. The van der Waals surface area contributed by atoms with Crippen LogP contribution in [0.2, 0.25) is 0 Å². The zero-order valence-electron chi connectivity index (χ0n) is 30.6. The molecule has 7 aliphatic rings. The van der Waals surface area contributed by atoms with Gasteiger partial charge in [0.2, 0.25) is 21.8 Å². The molecule has 4 aliphatic carbocycles. The number of sulfonamides is 1. The molecule has 3 heterocycles. The maximum Gasteiger partial charge on any atom is 0.410 e. The number of nitrogens with one attached hydrogen (secondary N) is 3. The summed E-state index contributed by atoms with van der Waals surface area (Å²) in [6.45, 7) is 6.28. The zero-order chi connectivity index (χ0) is 38.0. The van der Waals surface area contributed by atoms with E-state index >= 15 is 0 Å². The molecule has 4 bridgehead atoms. The van der Waals surface area contributed by atoms with Crippen LogP contribution in [0.25, 0.3) is 6.08 Å². The highest BCUT2D eigenvalue weighted by Gasteiger charge is 2.62. The molecule has 5 amide bonds. The number of alkyl carbamates (subject to hydrolysis) is 1. The van der Waals surface area contributed by atoms with Gasteiger partial charge in [-0.05, 0) is 80.9 Å². The lowest BCUT2D eigenvalue weighted by molar-refractivity contribution is -0.142. The number of amides is 5. The summed E-state index contributed by atoms with van der Waals surface area (Å²) in [5, 5.41) is 5.01. The van der Waals surface area contributed by atoms with E-state index < -0.39 is 80.4 Å². The van der Waals surface area contributed by atoms with Crippen LogP contribution < -0.4 is 15.4 Å². The van der Waals surface area contributed by atoms with Crippen LogP contribution in [-0.4, -0.2) is 89.2 Å². The van der Waals surface area contributed by atoms with Gasteiger partial charge in [-0.3, -0.25) is 24.0 Å². The van der Waals surface area contributed by atoms with E-state index in [0.29, 0.717) is 45.2 Å². The first-order valence-electron chi connectivity index (χ1n) is 19.3. The Morgan fingerprint density at radius 3 is 2.56 bits per heavy atom. The van der Waals surface area contributed by atoms with E-state index in [9.17, 15) is 32.4 Å². The summed E-state index contributed by atoms with van der Waals surface area (Å²) in [5.41, 5.74) is 0.843. The minimum atomic E-state index is -3.91. The van der Waals surface area contributed by atoms with Gasteiger partial charge in [-0.1, -0.05) is 49.3 Å². The van der Waals surface area contributed by atoms with Crippen LogP contribution in [0.3, 0.4) is 0 Å². The molecular weight excluding hydrogens is 715 g/mol. The lowest BCUT2D eigenvalue weighted by atomic mass is 9.96. The monoisotopic (exact) mass is 763 g/mol. The Kier molecular flexibility index (Phi) is 9.29. The smallest absolute Gasteiger partial charge is 0.410 e. The van der Waals surface area contributed by atoms with Crippen LogP contribution in [0.15, 0.2) is 36.9 Å². The van der Waals surface area contributed by atoms with Crippen LogP contribution in [0.5, 0.6) is 0 Å². The van der Waals surface area contributed by atoms with E-state index in [4.69, 9.17) is 9.47 Å². The van der Waals surface area contributed by atoms with Crippen molar-refractivity contribution < 1.29 is 41.9 Å². The lowest BCUT2D eigenvalue weighted by Gasteiger charge is -2.32. The van der Waals surface area contributed by atoms with Crippen molar-refractivity contribution in [1.29, 1.82) is 0 Å². The van der Waals surface area contributed by atoms with Crippen molar-refractivity contribution in [1.82, 2.24) is 25.2 Å². The Bertz CT molecular complexity index is 1910. The molecule has 4 saturated carbocycles. The van der Waals surface area contributed by atoms with Gasteiger partial charge in [-0.2, -0.15) is 0 Å². The highest BCUT2D eigenvalue weighted by atomic mass is 32.2. The SMILES string of the molecule is C=C[C@@H]1C[C@]1(NC(=O)[C@@H]1C[C@@H]2CN1C(=O)[C@H](C1CCCC1)NC(=O)O[C@]1(C)C[C@H]1CC/C=C\c1cccc3c1CN(C3)C(=O)O2)C(=O)NS(=O)(=O)C1CC1. The van der Waals surface area contributed by atoms with E-state index in [1.807, 2.05) is 25.1 Å². The molecule has 15 heteroatoms. The molecule has 14 nitrogen and oxygen atoms in total. The first kappa shape index (κ1) is 36.6. The minimum absolute atomic E-state index is 0.0590. The van der Waals surface area contributed by atoms with Crippen molar-refractivity contribution in [3.05, 3.63) is 53.6 Å². The van der Waals surface area contributed by atoms with Crippen LogP contribution in [0.1, 0.15) is 94.2 Å². The van der Waals surface area contributed by atoms with Crippen molar-refractivity contribution in [2.75, 3.05) is 6.54 Å². The number of ether oxygens (including phenoxy) is 2. The summed E-state index contributed by atoms with van der Waals surface area (Å²) in [6, 6.07) is 3.79. The van der Waals surface area contributed by atoms with Gasteiger partial charge in [0.1, 0.15) is 29.3 Å². The highest BCUT2D eigenvalue weighted by molar-refractivity contribution is 7.91. The molecule has 8 rings (SSSR count). The minimum Gasteiger partial charge on any atom is -0.444 e. The fourth-order valence-electron chi connectivity index (χ4n) is 9.03. The van der Waals surface area contributed by atoms with E-state index in [2.05, 4.69) is 34.1 Å². The summed E-state index contributed by atoms with van der Waals surface area (Å²) in [7, 11) is -3.91. The van der Waals surface area contributed by atoms with Crippen LogP contribution >= 0.6 is 0 Å². The molecule has 0 unspecified atom stereocenters. The van der Waals surface area contributed by atoms with Gasteiger partial charge in [0.05, 0.1) is 18.3 Å². The lowest BCUT2D eigenvalue weighted by Crippen LogP contribution is -2.59.